The first-order valence-corrected chi connectivity index (χ1v) is 9.30. The number of carboxylic acid groups (broad SMARTS) is 1. The molecule has 0 spiro atoms. The maximum atomic E-state index is 10.6. The van der Waals surface area contributed by atoms with Crippen LogP contribution >= 0.6 is 0 Å². The van der Waals surface area contributed by atoms with Crippen molar-refractivity contribution in [2.75, 3.05) is 19.8 Å². The first-order valence-electron chi connectivity index (χ1n) is 9.30. The predicted octanol–water partition coefficient (Wildman–Crippen LogP) is 3.35. The molecule has 0 aliphatic heterocycles. The van der Waals surface area contributed by atoms with E-state index in [1.807, 2.05) is 0 Å². The quantitative estimate of drug-likeness (QED) is 0.356. The highest BCUT2D eigenvalue weighted by Gasteiger charge is 2.12. The van der Waals surface area contributed by atoms with Gasteiger partial charge in [-0.05, 0) is 13.3 Å². The van der Waals surface area contributed by atoms with Crippen LogP contribution in [0.25, 0.3) is 0 Å². The van der Waals surface area contributed by atoms with Gasteiger partial charge >= 0.3 is 5.97 Å². The Labute approximate surface area is 141 Å². The first kappa shape index (κ1) is 22.4. The zero-order valence-corrected chi connectivity index (χ0v) is 15.1. The normalized spacial score (nSPS) is 13.9. The topological polar surface area (TPSA) is 78.8 Å². The molecule has 23 heavy (non-hydrogen) atoms. The number of hydrogen-bond donors (Lipinski definition) is 3. The van der Waals surface area contributed by atoms with E-state index in [-0.39, 0.29) is 13.2 Å². The second-order valence-electron chi connectivity index (χ2n) is 6.38. The minimum Gasteiger partial charge on any atom is -0.480 e. The molecule has 0 aliphatic carbocycles. The monoisotopic (exact) mass is 331 g/mol. The number of unbranched alkanes of at least 4 members (excludes halogenated alkanes) is 9. The van der Waals surface area contributed by atoms with Crippen LogP contribution in [0.4, 0.5) is 0 Å². The molecule has 2 atom stereocenters. The molecule has 5 nitrogen and oxygen atoms in total. The third-order valence-electron chi connectivity index (χ3n) is 3.98. The van der Waals surface area contributed by atoms with E-state index in [0.29, 0.717) is 6.61 Å². The van der Waals surface area contributed by atoms with Gasteiger partial charge in [-0.2, -0.15) is 0 Å². The van der Waals surface area contributed by atoms with Crippen molar-refractivity contribution in [2.45, 2.75) is 90.2 Å². The van der Waals surface area contributed by atoms with Crippen LogP contribution in [-0.4, -0.2) is 48.1 Å². The molecule has 2 unspecified atom stereocenters. The Bertz CT molecular complexity index is 274. The number of aliphatic hydroxyl groups is 1. The van der Waals surface area contributed by atoms with Gasteiger partial charge in [-0.25, -0.2) is 0 Å². The summed E-state index contributed by atoms with van der Waals surface area (Å²) >= 11 is 0. The molecule has 0 aliphatic rings. The average Bonchev–Trinajstić information content (AvgIpc) is 2.53. The van der Waals surface area contributed by atoms with Crippen molar-refractivity contribution in [3.8, 4) is 0 Å². The highest BCUT2D eigenvalue weighted by Crippen LogP contribution is 2.10. The third-order valence-corrected chi connectivity index (χ3v) is 3.98. The van der Waals surface area contributed by atoms with Gasteiger partial charge in [0.25, 0.3) is 0 Å². The summed E-state index contributed by atoms with van der Waals surface area (Å²) in [4.78, 5) is 10.6. The molecule has 0 aromatic carbocycles. The van der Waals surface area contributed by atoms with Gasteiger partial charge in [-0.3, -0.25) is 4.79 Å². The zero-order valence-electron chi connectivity index (χ0n) is 15.1. The standard InChI is InChI=1S/C18H37NO4/c1-3-4-5-6-7-8-9-10-11-12-13-23-15-17(20)14-19-16(2)18(21)22/h16-17,19-20H,3-15H2,1-2H3,(H,21,22). The van der Waals surface area contributed by atoms with Gasteiger partial charge < -0.3 is 20.3 Å². The van der Waals surface area contributed by atoms with Crippen molar-refractivity contribution in [3.63, 3.8) is 0 Å². The van der Waals surface area contributed by atoms with Crippen LogP contribution in [0.2, 0.25) is 0 Å². The lowest BCUT2D eigenvalue weighted by molar-refractivity contribution is -0.139. The summed E-state index contributed by atoms with van der Waals surface area (Å²) in [6.45, 7) is 4.97. The van der Waals surface area contributed by atoms with Crippen molar-refractivity contribution in [2.24, 2.45) is 0 Å². The van der Waals surface area contributed by atoms with Crippen LogP contribution in [0.3, 0.4) is 0 Å². The summed E-state index contributed by atoms with van der Waals surface area (Å²) in [6.07, 6.45) is 12.3. The number of aliphatic hydroxyl groups excluding tert-OH is 1. The van der Waals surface area contributed by atoms with Gasteiger partial charge in [-0.15, -0.1) is 0 Å². The lowest BCUT2D eigenvalue weighted by Gasteiger charge is -2.14. The Balaban J connectivity index is 3.22. The van der Waals surface area contributed by atoms with E-state index in [0.717, 1.165) is 6.42 Å². The maximum Gasteiger partial charge on any atom is 0.320 e. The van der Waals surface area contributed by atoms with Crippen LogP contribution in [0.15, 0.2) is 0 Å². The van der Waals surface area contributed by atoms with Crippen molar-refractivity contribution < 1.29 is 19.7 Å². The fraction of sp³-hybridized carbons (Fsp3) is 0.944. The molecular formula is C18H37NO4. The van der Waals surface area contributed by atoms with Crippen molar-refractivity contribution in [1.82, 2.24) is 5.32 Å². The minimum atomic E-state index is -0.913. The summed E-state index contributed by atoms with van der Waals surface area (Å²) in [6, 6.07) is -0.647. The highest BCUT2D eigenvalue weighted by atomic mass is 16.5. The summed E-state index contributed by atoms with van der Waals surface area (Å²) in [7, 11) is 0. The molecule has 0 saturated carbocycles. The van der Waals surface area contributed by atoms with Crippen LogP contribution < -0.4 is 5.32 Å². The maximum absolute atomic E-state index is 10.6. The predicted molar refractivity (Wildman–Crippen MR) is 93.8 cm³/mol. The largest absolute Gasteiger partial charge is 0.480 e. The van der Waals surface area contributed by atoms with E-state index in [1.165, 1.54) is 57.8 Å². The van der Waals surface area contributed by atoms with E-state index < -0.39 is 18.1 Å². The molecule has 0 bridgehead atoms. The molecule has 0 fully saturated rings. The van der Waals surface area contributed by atoms with E-state index in [2.05, 4.69) is 12.2 Å². The van der Waals surface area contributed by atoms with Gasteiger partial charge in [0.05, 0.1) is 12.7 Å². The minimum absolute atomic E-state index is 0.242. The highest BCUT2D eigenvalue weighted by molar-refractivity contribution is 5.72. The molecule has 0 aromatic heterocycles. The molecule has 138 valence electrons. The summed E-state index contributed by atoms with van der Waals surface area (Å²) < 4.78 is 5.42. The molecule has 0 radical (unpaired) electrons. The van der Waals surface area contributed by atoms with Crippen molar-refractivity contribution in [3.05, 3.63) is 0 Å². The Hall–Kier alpha value is -0.650. The fourth-order valence-electron chi connectivity index (χ4n) is 2.37. The molecule has 0 heterocycles. The van der Waals surface area contributed by atoms with Crippen LogP contribution in [0.5, 0.6) is 0 Å². The second kappa shape index (κ2) is 16.2. The molecule has 0 aromatic rings. The molecular weight excluding hydrogens is 294 g/mol. The number of aliphatic carboxylic acids is 1. The zero-order chi connectivity index (χ0) is 17.3. The summed E-state index contributed by atoms with van der Waals surface area (Å²) in [5, 5.41) is 21.1. The third kappa shape index (κ3) is 16.0. The number of ether oxygens (including phenoxy) is 1. The Morgan fingerprint density at radius 3 is 2.04 bits per heavy atom. The lowest BCUT2D eigenvalue weighted by Crippen LogP contribution is -2.40. The van der Waals surface area contributed by atoms with E-state index in [4.69, 9.17) is 9.84 Å². The van der Waals surface area contributed by atoms with E-state index in [1.54, 1.807) is 6.92 Å². The molecule has 0 saturated heterocycles. The van der Waals surface area contributed by atoms with Gasteiger partial charge in [0.2, 0.25) is 0 Å². The van der Waals surface area contributed by atoms with E-state index >= 15 is 0 Å². The van der Waals surface area contributed by atoms with Crippen LogP contribution in [0, 0.1) is 0 Å². The SMILES string of the molecule is CCCCCCCCCCCCOCC(O)CNC(C)C(=O)O. The summed E-state index contributed by atoms with van der Waals surface area (Å²) in [5.74, 6) is -0.913. The van der Waals surface area contributed by atoms with Gasteiger partial charge in [0, 0.05) is 13.2 Å². The van der Waals surface area contributed by atoms with Crippen molar-refractivity contribution >= 4 is 5.97 Å². The number of carboxylic acids is 1. The molecule has 5 heteroatoms. The average molecular weight is 331 g/mol. The number of hydrogen-bond acceptors (Lipinski definition) is 4. The molecule has 0 rings (SSSR count). The number of carbonyl (C=O) groups is 1. The smallest absolute Gasteiger partial charge is 0.320 e. The van der Waals surface area contributed by atoms with Crippen LogP contribution in [0.1, 0.15) is 78.1 Å². The van der Waals surface area contributed by atoms with Gasteiger partial charge in [-0.1, -0.05) is 64.7 Å². The van der Waals surface area contributed by atoms with Crippen molar-refractivity contribution in [1.29, 1.82) is 0 Å². The Morgan fingerprint density at radius 2 is 1.52 bits per heavy atom. The number of rotatable bonds is 17. The van der Waals surface area contributed by atoms with Crippen LogP contribution in [-0.2, 0) is 9.53 Å². The Morgan fingerprint density at radius 1 is 1.00 bits per heavy atom. The number of nitrogens with one attached hydrogen (secondary N) is 1. The molecule has 3 N–H and O–H groups in total. The van der Waals surface area contributed by atoms with Gasteiger partial charge in [0.15, 0.2) is 0 Å². The lowest BCUT2D eigenvalue weighted by atomic mass is 10.1. The first-order chi connectivity index (χ1) is 11.1. The molecule has 0 amide bonds. The second-order valence-corrected chi connectivity index (χ2v) is 6.38. The fourth-order valence-corrected chi connectivity index (χ4v) is 2.37. The summed E-state index contributed by atoms with van der Waals surface area (Å²) in [5.41, 5.74) is 0. The Kier molecular flexibility index (Phi) is 15.8. The van der Waals surface area contributed by atoms with E-state index in [9.17, 15) is 9.90 Å². The van der Waals surface area contributed by atoms with Gasteiger partial charge in [0.1, 0.15) is 6.04 Å².